The molecule has 1 aliphatic rings. The van der Waals surface area contributed by atoms with E-state index in [4.69, 9.17) is 4.74 Å². The first-order valence-corrected chi connectivity index (χ1v) is 7.03. The number of benzene rings is 1. The lowest BCUT2D eigenvalue weighted by Gasteiger charge is -2.29. The number of nitrogens with zero attached hydrogens (tertiary/aromatic N) is 1. The normalized spacial score (nSPS) is 16.6. The number of hydrogen-bond donors (Lipinski definition) is 0. The minimum absolute atomic E-state index is 0.659. The van der Waals surface area contributed by atoms with Crippen molar-refractivity contribution in [3.05, 3.63) is 28.2 Å². The van der Waals surface area contributed by atoms with Crippen molar-refractivity contribution < 1.29 is 9.53 Å². The Balaban J connectivity index is 2.07. The molecule has 0 spiro atoms. The van der Waals surface area contributed by atoms with Crippen molar-refractivity contribution in [3.8, 4) is 0 Å². The Labute approximate surface area is 116 Å². The number of hydrogen-bond acceptors (Lipinski definition) is 3. The summed E-state index contributed by atoms with van der Waals surface area (Å²) in [7, 11) is 2.05. The van der Waals surface area contributed by atoms with E-state index in [1.165, 1.54) is 0 Å². The third kappa shape index (κ3) is 3.33. The fourth-order valence-corrected chi connectivity index (χ4v) is 2.76. The fourth-order valence-electron chi connectivity index (χ4n) is 2.38. The molecule has 2 rings (SSSR count). The highest BCUT2D eigenvalue weighted by Gasteiger charge is 2.17. The Morgan fingerprint density at radius 2 is 2.17 bits per heavy atom. The molecule has 1 aromatic rings. The van der Waals surface area contributed by atoms with Crippen molar-refractivity contribution >= 4 is 27.9 Å². The highest BCUT2D eigenvalue weighted by atomic mass is 79.9. The van der Waals surface area contributed by atoms with Crippen molar-refractivity contribution in [1.82, 2.24) is 0 Å². The molecule has 1 fully saturated rings. The lowest BCUT2D eigenvalue weighted by atomic mass is 9.99. The third-order valence-electron chi connectivity index (χ3n) is 3.40. The number of anilines is 1. The van der Waals surface area contributed by atoms with Gasteiger partial charge in [-0.05, 0) is 37.0 Å². The van der Waals surface area contributed by atoms with Gasteiger partial charge in [-0.3, -0.25) is 4.79 Å². The molecule has 0 aromatic heterocycles. The minimum atomic E-state index is 0.659. The summed E-state index contributed by atoms with van der Waals surface area (Å²) >= 11 is 3.39. The number of carbonyl (C=O) groups excluding carboxylic acids is 1. The van der Waals surface area contributed by atoms with Crippen molar-refractivity contribution in [3.63, 3.8) is 0 Å². The maximum absolute atomic E-state index is 11.1. The van der Waals surface area contributed by atoms with E-state index < -0.39 is 0 Å². The van der Waals surface area contributed by atoms with Crippen LogP contribution < -0.4 is 4.90 Å². The van der Waals surface area contributed by atoms with E-state index in [1.54, 1.807) is 0 Å². The molecule has 0 saturated carbocycles. The van der Waals surface area contributed by atoms with Gasteiger partial charge in [0.25, 0.3) is 0 Å². The van der Waals surface area contributed by atoms with Gasteiger partial charge in [0, 0.05) is 42.5 Å². The highest BCUT2D eigenvalue weighted by Crippen LogP contribution is 2.25. The van der Waals surface area contributed by atoms with Crippen LogP contribution in [0.25, 0.3) is 0 Å². The SMILES string of the molecule is CN(CC1CCOCC1)c1ccc(Br)cc1C=O. The number of aldehydes is 1. The summed E-state index contributed by atoms with van der Waals surface area (Å²) in [6, 6.07) is 5.83. The first kappa shape index (κ1) is 13.6. The Kier molecular flexibility index (Phi) is 4.78. The van der Waals surface area contributed by atoms with Crippen LogP contribution in [0, 0.1) is 5.92 Å². The monoisotopic (exact) mass is 311 g/mol. The Bertz CT molecular complexity index is 416. The molecule has 0 amide bonds. The number of carbonyl (C=O) groups is 1. The van der Waals surface area contributed by atoms with Gasteiger partial charge in [0.15, 0.2) is 6.29 Å². The summed E-state index contributed by atoms with van der Waals surface area (Å²) in [5.41, 5.74) is 1.73. The average Bonchev–Trinajstić information content (AvgIpc) is 2.39. The predicted octanol–water partition coefficient (Wildman–Crippen LogP) is 3.12. The number of rotatable bonds is 4. The molecule has 0 aliphatic carbocycles. The van der Waals surface area contributed by atoms with Crippen LogP contribution in [0.15, 0.2) is 22.7 Å². The van der Waals surface area contributed by atoms with Crippen LogP contribution in [0.5, 0.6) is 0 Å². The van der Waals surface area contributed by atoms with E-state index >= 15 is 0 Å². The van der Waals surface area contributed by atoms with Gasteiger partial charge in [-0.15, -0.1) is 0 Å². The maximum atomic E-state index is 11.1. The standard InChI is InChI=1S/C14H18BrNO2/c1-16(9-11-4-6-18-7-5-11)14-3-2-13(15)8-12(14)10-17/h2-3,8,10-11H,4-7,9H2,1H3. The predicted molar refractivity (Wildman–Crippen MR) is 76.3 cm³/mol. The van der Waals surface area contributed by atoms with Crippen molar-refractivity contribution in [2.75, 3.05) is 31.7 Å². The van der Waals surface area contributed by atoms with E-state index in [9.17, 15) is 4.79 Å². The van der Waals surface area contributed by atoms with Gasteiger partial charge in [-0.2, -0.15) is 0 Å². The summed E-state index contributed by atoms with van der Waals surface area (Å²) in [6.07, 6.45) is 3.13. The van der Waals surface area contributed by atoms with Crippen molar-refractivity contribution in [2.45, 2.75) is 12.8 Å². The molecule has 0 bridgehead atoms. The summed E-state index contributed by atoms with van der Waals surface area (Å²) < 4.78 is 6.30. The van der Waals surface area contributed by atoms with Crippen LogP contribution in [-0.2, 0) is 4.74 Å². The second-order valence-electron chi connectivity index (χ2n) is 4.76. The van der Waals surface area contributed by atoms with Crippen LogP contribution >= 0.6 is 15.9 Å². The van der Waals surface area contributed by atoms with E-state index in [-0.39, 0.29) is 0 Å². The van der Waals surface area contributed by atoms with Gasteiger partial charge in [0.2, 0.25) is 0 Å². The molecule has 1 saturated heterocycles. The molecule has 1 heterocycles. The summed E-state index contributed by atoms with van der Waals surface area (Å²) in [5, 5.41) is 0. The second-order valence-corrected chi connectivity index (χ2v) is 5.67. The molecule has 18 heavy (non-hydrogen) atoms. The van der Waals surface area contributed by atoms with Crippen LogP contribution in [-0.4, -0.2) is 33.1 Å². The smallest absolute Gasteiger partial charge is 0.152 e. The minimum Gasteiger partial charge on any atom is -0.381 e. The molecule has 0 radical (unpaired) electrons. The van der Waals surface area contributed by atoms with Crippen LogP contribution in [0.1, 0.15) is 23.2 Å². The van der Waals surface area contributed by atoms with E-state index in [0.29, 0.717) is 5.92 Å². The Morgan fingerprint density at radius 1 is 1.44 bits per heavy atom. The quantitative estimate of drug-likeness (QED) is 0.800. The molecule has 0 atom stereocenters. The topological polar surface area (TPSA) is 29.5 Å². The van der Waals surface area contributed by atoms with Gasteiger partial charge < -0.3 is 9.64 Å². The van der Waals surface area contributed by atoms with E-state index in [1.807, 2.05) is 25.2 Å². The second kappa shape index (κ2) is 6.34. The lowest BCUT2D eigenvalue weighted by molar-refractivity contribution is 0.0685. The third-order valence-corrected chi connectivity index (χ3v) is 3.89. The molecule has 0 unspecified atom stereocenters. The molecular formula is C14H18BrNO2. The van der Waals surface area contributed by atoms with E-state index in [2.05, 4.69) is 20.8 Å². The Morgan fingerprint density at radius 3 is 2.83 bits per heavy atom. The van der Waals surface area contributed by atoms with Crippen LogP contribution in [0.4, 0.5) is 5.69 Å². The zero-order valence-corrected chi connectivity index (χ0v) is 12.1. The summed E-state index contributed by atoms with van der Waals surface area (Å²) in [6.45, 7) is 2.70. The van der Waals surface area contributed by atoms with Gasteiger partial charge in [0.1, 0.15) is 0 Å². The zero-order valence-electron chi connectivity index (χ0n) is 10.6. The fraction of sp³-hybridized carbons (Fsp3) is 0.500. The van der Waals surface area contributed by atoms with Crippen LogP contribution in [0.2, 0.25) is 0 Å². The first-order chi connectivity index (χ1) is 8.70. The largest absolute Gasteiger partial charge is 0.381 e. The van der Waals surface area contributed by atoms with Gasteiger partial charge in [-0.1, -0.05) is 15.9 Å². The van der Waals surface area contributed by atoms with E-state index in [0.717, 1.165) is 54.6 Å². The molecule has 3 nitrogen and oxygen atoms in total. The number of ether oxygens (including phenoxy) is 1. The van der Waals surface area contributed by atoms with Crippen LogP contribution in [0.3, 0.4) is 0 Å². The maximum Gasteiger partial charge on any atom is 0.152 e. The summed E-state index contributed by atoms with van der Waals surface area (Å²) in [5.74, 6) is 0.659. The average molecular weight is 312 g/mol. The van der Waals surface area contributed by atoms with Gasteiger partial charge in [-0.25, -0.2) is 0 Å². The molecule has 4 heteroatoms. The van der Waals surface area contributed by atoms with Gasteiger partial charge in [0.05, 0.1) is 0 Å². The first-order valence-electron chi connectivity index (χ1n) is 6.24. The zero-order chi connectivity index (χ0) is 13.0. The molecule has 98 valence electrons. The molecular weight excluding hydrogens is 294 g/mol. The summed E-state index contributed by atoms with van der Waals surface area (Å²) in [4.78, 5) is 13.3. The molecule has 1 aliphatic heterocycles. The Hall–Kier alpha value is -0.870. The lowest BCUT2D eigenvalue weighted by Crippen LogP contribution is -2.30. The van der Waals surface area contributed by atoms with Crippen molar-refractivity contribution in [1.29, 1.82) is 0 Å². The highest BCUT2D eigenvalue weighted by molar-refractivity contribution is 9.10. The number of halogens is 1. The molecule has 0 N–H and O–H groups in total. The molecule has 1 aromatic carbocycles. The van der Waals surface area contributed by atoms with Crippen molar-refractivity contribution in [2.24, 2.45) is 5.92 Å². The van der Waals surface area contributed by atoms with Gasteiger partial charge >= 0.3 is 0 Å².